The normalized spacial score (nSPS) is 15.7. The van der Waals surface area contributed by atoms with Crippen molar-refractivity contribution in [2.75, 3.05) is 11.9 Å². The molecule has 0 fully saturated rings. The summed E-state index contributed by atoms with van der Waals surface area (Å²) in [4.78, 5) is 4.60. The molecule has 2 heterocycles. The van der Waals surface area contributed by atoms with E-state index in [1.807, 2.05) is 53.1 Å². The molecule has 4 rings (SSSR count). The molecule has 1 atom stereocenters. The van der Waals surface area contributed by atoms with Crippen molar-refractivity contribution in [2.45, 2.75) is 6.04 Å². The average Bonchev–Trinajstić information content (AvgIpc) is 3.03. The Hall–Kier alpha value is -3.90. The van der Waals surface area contributed by atoms with Gasteiger partial charge in [-0.25, -0.2) is 4.98 Å². The van der Waals surface area contributed by atoms with Gasteiger partial charge in [-0.2, -0.15) is 5.26 Å². The molecule has 1 aliphatic rings. The number of imidazole rings is 1. The number of nitriles is 1. The topological polar surface area (TPSA) is 88.9 Å². The lowest BCUT2D eigenvalue weighted by Crippen LogP contribution is -2.28. The number of ether oxygens (including phenoxy) is 1. The quantitative estimate of drug-likeness (QED) is 0.715. The fourth-order valence-electron chi connectivity index (χ4n) is 3.23. The first-order valence-corrected chi connectivity index (χ1v) is 8.03. The molecule has 6 nitrogen and oxygen atoms in total. The molecule has 2 aromatic carbocycles. The van der Waals surface area contributed by atoms with Crippen molar-refractivity contribution in [2.24, 2.45) is 5.73 Å². The Balaban J connectivity index is 1.99. The maximum atomic E-state index is 9.76. The van der Waals surface area contributed by atoms with Crippen LogP contribution >= 0.6 is 0 Å². The Morgan fingerprint density at radius 3 is 2.81 bits per heavy atom. The van der Waals surface area contributed by atoms with Gasteiger partial charge in [-0.05, 0) is 18.2 Å². The van der Waals surface area contributed by atoms with Crippen LogP contribution in [0.15, 0.2) is 59.9 Å². The van der Waals surface area contributed by atoms with Crippen molar-refractivity contribution < 1.29 is 4.74 Å². The van der Waals surface area contributed by atoms with Crippen LogP contribution in [0, 0.1) is 23.7 Å². The number of nitrogens with two attached hydrogens (primary N) is 1. The van der Waals surface area contributed by atoms with Gasteiger partial charge < -0.3 is 15.8 Å². The molecular weight excluding hydrogens is 326 g/mol. The van der Waals surface area contributed by atoms with E-state index >= 15 is 0 Å². The number of benzene rings is 2. The Kier molecular flexibility index (Phi) is 3.72. The summed E-state index contributed by atoms with van der Waals surface area (Å²) in [6, 6.07) is 17.0. The molecule has 0 bridgehead atoms. The molecule has 0 radical (unpaired) electrons. The molecule has 1 unspecified atom stereocenters. The Morgan fingerprint density at radius 2 is 2.00 bits per heavy atom. The highest BCUT2D eigenvalue weighted by atomic mass is 16.5. The Labute approximate surface area is 150 Å². The summed E-state index contributed by atoms with van der Waals surface area (Å²) in [5.41, 5.74) is 9.03. The van der Waals surface area contributed by atoms with Crippen LogP contribution in [0.1, 0.15) is 11.6 Å². The molecule has 26 heavy (non-hydrogen) atoms. The highest BCUT2D eigenvalue weighted by molar-refractivity contribution is 5.81. The predicted octanol–water partition coefficient (Wildman–Crippen LogP) is 2.76. The minimum atomic E-state index is -0.461. The minimum Gasteiger partial charge on any atom is -0.481 e. The van der Waals surface area contributed by atoms with Gasteiger partial charge in [0, 0.05) is 5.56 Å². The molecule has 0 aliphatic carbocycles. The zero-order chi connectivity index (χ0) is 18.1. The van der Waals surface area contributed by atoms with E-state index in [4.69, 9.17) is 16.9 Å². The van der Waals surface area contributed by atoms with E-state index in [0.29, 0.717) is 17.3 Å². The van der Waals surface area contributed by atoms with Crippen LogP contribution in [0.25, 0.3) is 11.0 Å². The molecular formula is C20H15N5O. The molecule has 0 saturated carbocycles. The molecule has 3 N–H and O–H groups in total. The van der Waals surface area contributed by atoms with Crippen molar-refractivity contribution in [3.63, 3.8) is 0 Å². The summed E-state index contributed by atoms with van der Waals surface area (Å²) in [5, 5.41) is 12.8. The molecule has 1 aromatic heterocycles. The number of para-hydroxylation sites is 3. The second kappa shape index (κ2) is 6.19. The number of hydrogen-bond donors (Lipinski definition) is 2. The van der Waals surface area contributed by atoms with Gasteiger partial charge in [0.1, 0.15) is 30.3 Å². The van der Waals surface area contributed by atoms with Crippen molar-refractivity contribution in [1.29, 1.82) is 5.26 Å². The number of rotatable bonds is 3. The first kappa shape index (κ1) is 15.6. The van der Waals surface area contributed by atoms with Gasteiger partial charge >= 0.3 is 0 Å². The second-order valence-electron chi connectivity index (χ2n) is 5.79. The standard InChI is InChI=1S/C20H15N5O/c1-2-11-26-17-10-6-3-7-13(17)18-14(12-21)19(22)24-20-23-15-8-4-5-9-16(15)25(18)20/h1,3-10,18H,11,22H2,(H,23,24). The number of terminal acetylenes is 1. The number of nitrogens with one attached hydrogen (secondary N) is 1. The summed E-state index contributed by atoms with van der Waals surface area (Å²) < 4.78 is 7.67. The third-order valence-electron chi connectivity index (χ3n) is 4.31. The lowest BCUT2D eigenvalue weighted by Gasteiger charge is -2.28. The van der Waals surface area contributed by atoms with Gasteiger partial charge in [0.25, 0.3) is 0 Å². The monoisotopic (exact) mass is 341 g/mol. The molecule has 1 aliphatic heterocycles. The van der Waals surface area contributed by atoms with Crippen LogP contribution in [0.4, 0.5) is 5.95 Å². The van der Waals surface area contributed by atoms with Gasteiger partial charge in [0.2, 0.25) is 5.95 Å². The third kappa shape index (κ3) is 2.33. The van der Waals surface area contributed by atoms with E-state index in [-0.39, 0.29) is 12.4 Å². The summed E-state index contributed by atoms with van der Waals surface area (Å²) in [6.45, 7) is 0.139. The van der Waals surface area contributed by atoms with Crippen LogP contribution in [-0.2, 0) is 0 Å². The van der Waals surface area contributed by atoms with Gasteiger partial charge in [-0.15, -0.1) is 6.42 Å². The van der Waals surface area contributed by atoms with E-state index in [9.17, 15) is 5.26 Å². The molecule has 0 spiro atoms. The number of anilines is 1. The Bertz CT molecular complexity index is 1110. The molecule has 0 saturated heterocycles. The lowest BCUT2D eigenvalue weighted by molar-refractivity contribution is 0.363. The van der Waals surface area contributed by atoms with Crippen LogP contribution in [0.5, 0.6) is 5.75 Å². The van der Waals surface area contributed by atoms with Crippen LogP contribution < -0.4 is 15.8 Å². The minimum absolute atomic E-state index is 0.139. The average molecular weight is 341 g/mol. The third-order valence-corrected chi connectivity index (χ3v) is 4.31. The van der Waals surface area contributed by atoms with Crippen LogP contribution in [0.2, 0.25) is 0 Å². The number of allylic oxidation sites excluding steroid dienone is 1. The molecule has 126 valence electrons. The lowest BCUT2D eigenvalue weighted by atomic mass is 9.96. The number of fused-ring (bicyclic) bond motifs is 3. The maximum Gasteiger partial charge on any atom is 0.210 e. The van der Waals surface area contributed by atoms with Crippen molar-refractivity contribution in [1.82, 2.24) is 9.55 Å². The van der Waals surface area contributed by atoms with Crippen molar-refractivity contribution in [3.8, 4) is 24.2 Å². The molecule has 0 amide bonds. The summed E-state index contributed by atoms with van der Waals surface area (Å²) in [7, 11) is 0. The highest BCUT2D eigenvalue weighted by Crippen LogP contribution is 2.40. The number of aromatic nitrogens is 2. The van der Waals surface area contributed by atoms with Crippen molar-refractivity contribution >= 4 is 17.0 Å². The van der Waals surface area contributed by atoms with E-state index in [2.05, 4.69) is 22.3 Å². The fraction of sp³-hybridized carbons (Fsp3) is 0.100. The van der Waals surface area contributed by atoms with E-state index in [0.717, 1.165) is 16.6 Å². The van der Waals surface area contributed by atoms with Gasteiger partial charge in [0.15, 0.2) is 0 Å². The number of hydrogen-bond acceptors (Lipinski definition) is 5. The summed E-state index contributed by atoms with van der Waals surface area (Å²) >= 11 is 0. The van der Waals surface area contributed by atoms with E-state index in [1.54, 1.807) is 0 Å². The SMILES string of the molecule is C#CCOc1ccccc1C1C(C#N)=C(N)Nc2nc3ccccc3n21. The fourth-order valence-corrected chi connectivity index (χ4v) is 3.23. The molecule has 6 heteroatoms. The van der Waals surface area contributed by atoms with Crippen LogP contribution in [-0.4, -0.2) is 16.2 Å². The molecule has 3 aromatic rings. The highest BCUT2D eigenvalue weighted by Gasteiger charge is 2.32. The zero-order valence-electron chi connectivity index (χ0n) is 13.8. The largest absolute Gasteiger partial charge is 0.481 e. The summed E-state index contributed by atoms with van der Waals surface area (Å²) in [6.07, 6.45) is 5.33. The van der Waals surface area contributed by atoms with Crippen molar-refractivity contribution in [3.05, 3.63) is 65.5 Å². The van der Waals surface area contributed by atoms with E-state index < -0.39 is 6.04 Å². The smallest absolute Gasteiger partial charge is 0.210 e. The zero-order valence-corrected chi connectivity index (χ0v) is 13.8. The predicted molar refractivity (Wildman–Crippen MR) is 99.1 cm³/mol. The van der Waals surface area contributed by atoms with Gasteiger partial charge in [0.05, 0.1) is 16.6 Å². The maximum absolute atomic E-state index is 9.76. The Morgan fingerprint density at radius 1 is 1.23 bits per heavy atom. The van der Waals surface area contributed by atoms with E-state index in [1.165, 1.54) is 0 Å². The second-order valence-corrected chi connectivity index (χ2v) is 5.79. The van der Waals surface area contributed by atoms with Crippen LogP contribution in [0.3, 0.4) is 0 Å². The first-order chi connectivity index (χ1) is 12.7. The summed E-state index contributed by atoms with van der Waals surface area (Å²) in [5.74, 6) is 3.95. The van der Waals surface area contributed by atoms with Gasteiger partial charge in [-0.3, -0.25) is 4.57 Å². The van der Waals surface area contributed by atoms with Gasteiger partial charge in [-0.1, -0.05) is 36.3 Å². The first-order valence-electron chi connectivity index (χ1n) is 8.03. The number of nitrogens with zero attached hydrogens (tertiary/aromatic N) is 3.